The van der Waals surface area contributed by atoms with Gasteiger partial charge < -0.3 is 4.98 Å². The summed E-state index contributed by atoms with van der Waals surface area (Å²) in [5.41, 5.74) is 5.92. The molecular weight excluding hydrogens is 246 g/mol. The lowest BCUT2D eigenvalue weighted by atomic mass is 9.99. The Bertz CT molecular complexity index is 845. The summed E-state index contributed by atoms with van der Waals surface area (Å²) in [6, 6.07) is 14.1. The Morgan fingerprint density at radius 3 is 2.20 bits per heavy atom. The quantitative estimate of drug-likeness (QED) is 0.703. The fourth-order valence-corrected chi connectivity index (χ4v) is 2.68. The Hall–Kier alpha value is -2.35. The van der Waals surface area contributed by atoms with E-state index < -0.39 is 0 Å². The fraction of sp³-hybridized carbons (Fsp3) is 0.167. The van der Waals surface area contributed by atoms with Crippen LogP contribution >= 0.6 is 0 Å². The third-order valence-corrected chi connectivity index (χ3v) is 3.88. The lowest BCUT2D eigenvalue weighted by molar-refractivity contribution is 1.27. The second-order valence-electron chi connectivity index (χ2n) is 5.27. The first-order chi connectivity index (χ1) is 9.59. The predicted octanol–water partition coefficient (Wildman–Crippen LogP) is 4.12. The largest absolute Gasteiger partial charge is 0.354 e. The van der Waals surface area contributed by atoms with Crippen molar-refractivity contribution in [1.29, 1.82) is 0 Å². The van der Waals surface area contributed by atoms with Crippen molar-refractivity contribution in [1.82, 2.24) is 4.98 Å². The molecule has 0 saturated heterocycles. The molecule has 0 aliphatic carbocycles. The molecule has 2 nitrogen and oxygen atoms in total. The van der Waals surface area contributed by atoms with E-state index in [-0.39, 0.29) is 5.43 Å². The summed E-state index contributed by atoms with van der Waals surface area (Å²) in [5.74, 6) is 0. The van der Waals surface area contributed by atoms with E-state index in [0.29, 0.717) is 0 Å². The van der Waals surface area contributed by atoms with Crippen LogP contribution in [0.1, 0.15) is 16.7 Å². The van der Waals surface area contributed by atoms with Crippen molar-refractivity contribution >= 4 is 10.9 Å². The maximum Gasteiger partial charge on any atom is 0.193 e. The van der Waals surface area contributed by atoms with Gasteiger partial charge in [-0.3, -0.25) is 4.79 Å². The summed E-state index contributed by atoms with van der Waals surface area (Å²) in [7, 11) is 0. The fourth-order valence-electron chi connectivity index (χ4n) is 2.68. The van der Waals surface area contributed by atoms with Gasteiger partial charge in [0.25, 0.3) is 0 Å². The van der Waals surface area contributed by atoms with Gasteiger partial charge >= 0.3 is 0 Å². The molecule has 0 bridgehead atoms. The van der Waals surface area contributed by atoms with Crippen molar-refractivity contribution in [3.05, 3.63) is 69.4 Å². The van der Waals surface area contributed by atoms with Crippen molar-refractivity contribution in [2.75, 3.05) is 0 Å². The Morgan fingerprint density at radius 2 is 1.50 bits per heavy atom. The zero-order valence-corrected chi connectivity index (χ0v) is 11.9. The van der Waals surface area contributed by atoms with Crippen LogP contribution in [-0.2, 0) is 0 Å². The maximum absolute atomic E-state index is 12.7. The normalized spacial score (nSPS) is 10.9. The van der Waals surface area contributed by atoms with E-state index in [2.05, 4.69) is 11.1 Å². The number of nitrogens with one attached hydrogen (secondary N) is 1. The second kappa shape index (κ2) is 4.64. The molecule has 100 valence electrons. The highest BCUT2D eigenvalue weighted by Gasteiger charge is 2.12. The highest BCUT2D eigenvalue weighted by molar-refractivity contribution is 5.88. The van der Waals surface area contributed by atoms with E-state index >= 15 is 0 Å². The zero-order valence-electron chi connectivity index (χ0n) is 11.9. The number of pyridine rings is 1. The average molecular weight is 263 g/mol. The minimum absolute atomic E-state index is 0.124. The molecule has 0 unspecified atom stereocenters. The third kappa shape index (κ3) is 1.85. The number of aromatic amines is 1. The van der Waals surface area contributed by atoms with Gasteiger partial charge in [-0.25, -0.2) is 0 Å². The number of hydrogen-bond acceptors (Lipinski definition) is 1. The van der Waals surface area contributed by atoms with E-state index in [1.165, 1.54) is 0 Å². The predicted molar refractivity (Wildman–Crippen MR) is 84.2 cm³/mol. The van der Waals surface area contributed by atoms with Crippen LogP contribution in [0.25, 0.3) is 22.2 Å². The highest BCUT2D eigenvalue weighted by atomic mass is 16.1. The summed E-state index contributed by atoms with van der Waals surface area (Å²) in [4.78, 5) is 16.1. The topological polar surface area (TPSA) is 32.9 Å². The van der Waals surface area contributed by atoms with E-state index in [9.17, 15) is 4.79 Å². The van der Waals surface area contributed by atoms with Crippen LogP contribution < -0.4 is 5.43 Å². The number of aromatic nitrogens is 1. The van der Waals surface area contributed by atoms with Gasteiger partial charge in [0, 0.05) is 10.9 Å². The van der Waals surface area contributed by atoms with Crippen molar-refractivity contribution in [3.8, 4) is 11.3 Å². The molecule has 0 amide bonds. The first-order valence-electron chi connectivity index (χ1n) is 6.78. The summed E-state index contributed by atoms with van der Waals surface area (Å²) >= 11 is 0. The molecule has 1 heterocycles. The Labute approximate surface area is 118 Å². The summed E-state index contributed by atoms with van der Waals surface area (Å²) in [6.07, 6.45) is 0. The smallest absolute Gasteiger partial charge is 0.193 e. The first kappa shape index (κ1) is 12.7. The molecule has 3 aromatic rings. The van der Waals surface area contributed by atoms with Crippen molar-refractivity contribution in [2.24, 2.45) is 0 Å². The molecule has 0 spiro atoms. The van der Waals surface area contributed by atoms with Crippen LogP contribution in [0.3, 0.4) is 0 Å². The van der Waals surface area contributed by atoms with Gasteiger partial charge in [-0.2, -0.15) is 0 Å². The van der Waals surface area contributed by atoms with Crippen LogP contribution in [0.15, 0.2) is 47.3 Å². The SMILES string of the molecule is Cc1c(-c2ccccc2)[nH]c2c(C)ccc(C)c2c1=O. The molecule has 3 rings (SSSR count). The van der Waals surface area contributed by atoms with Gasteiger partial charge in [-0.05, 0) is 37.5 Å². The van der Waals surface area contributed by atoms with Gasteiger partial charge in [0.05, 0.1) is 11.2 Å². The molecule has 20 heavy (non-hydrogen) atoms. The molecule has 2 aromatic carbocycles. The van der Waals surface area contributed by atoms with E-state index in [0.717, 1.165) is 38.9 Å². The van der Waals surface area contributed by atoms with Crippen LogP contribution in [0.2, 0.25) is 0 Å². The van der Waals surface area contributed by atoms with Gasteiger partial charge in [-0.1, -0.05) is 42.5 Å². The summed E-state index contributed by atoms with van der Waals surface area (Å²) in [6.45, 7) is 5.91. The lowest BCUT2D eigenvalue weighted by Gasteiger charge is -2.12. The molecule has 0 saturated carbocycles. The molecule has 0 aliphatic heterocycles. The number of benzene rings is 2. The van der Waals surface area contributed by atoms with Crippen LogP contribution in [0, 0.1) is 20.8 Å². The monoisotopic (exact) mass is 263 g/mol. The minimum atomic E-state index is 0.124. The zero-order chi connectivity index (χ0) is 14.3. The van der Waals surface area contributed by atoms with E-state index in [1.807, 2.05) is 57.2 Å². The van der Waals surface area contributed by atoms with Crippen molar-refractivity contribution < 1.29 is 0 Å². The van der Waals surface area contributed by atoms with Crippen molar-refractivity contribution in [2.45, 2.75) is 20.8 Å². The molecule has 0 aliphatic rings. The van der Waals surface area contributed by atoms with Crippen LogP contribution in [-0.4, -0.2) is 4.98 Å². The molecule has 2 heteroatoms. The number of fused-ring (bicyclic) bond motifs is 1. The Kier molecular flexibility index (Phi) is 2.94. The molecule has 0 atom stereocenters. The van der Waals surface area contributed by atoms with Crippen molar-refractivity contribution in [3.63, 3.8) is 0 Å². The minimum Gasteiger partial charge on any atom is -0.354 e. The summed E-state index contributed by atoms with van der Waals surface area (Å²) < 4.78 is 0. The second-order valence-corrected chi connectivity index (χ2v) is 5.27. The average Bonchev–Trinajstić information content (AvgIpc) is 2.47. The standard InChI is InChI=1S/C18H17NO/c1-11-9-10-12(2)16-15(11)18(20)13(3)17(19-16)14-7-5-4-6-8-14/h4-10H,1-3H3,(H,19,20). The third-order valence-electron chi connectivity index (χ3n) is 3.88. The number of H-pyrrole nitrogens is 1. The summed E-state index contributed by atoms with van der Waals surface area (Å²) in [5, 5.41) is 0.808. The number of aryl methyl sites for hydroxylation is 2. The van der Waals surface area contributed by atoms with Crippen LogP contribution in [0.4, 0.5) is 0 Å². The van der Waals surface area contributed by atoms with Crippen LogP contribution in [0.5, 0.6) is 0 Å². The van der Waals surface area contributed by atoms with E-state index in [1.54, 1.807) is 0 Å². The van der Waals surface area contributed by atoms with Gasteiger partial charge in [0.15, 0.2) is 5.43 Å². The molecule has 1 aromatic heterocycles. The molecular formula is C18H17NO. The van der Waals surface area contributed by atoms with Gasteiger partial charge in [0.2, 0.25) is 0 Å². The Morgan fingerprint density at radius 1 is 0.850 bits per heavy atom. The number of hydrogen-bond donors (Lipinski definition) is 1. The lowest BCUT2D eigenvalue weighted by Crippen LogP contribution is -2.11. The molecule has 1 N–H and O–H groups in total. The number of rotatable bonds is 1. The Balaban J connectivity index is 2.46. The maximum atomic E-state index is 12.7. The van der Waals surface area contributed by atoms with Gasteiger partial charge in [0.1, 0.15) is 0 Å². The highest BCUT2D eigenvalue weighted by Crippen LogP contribution is 2.24. The van der Waals surface area contributed by atoms with E-state index in [4.69, 9.17) is 0 Å². The first-order valence-corrected chi connectivity index (χ1v) is 6.78. The van der Waals surface area contributed by atoms with Gasteiger partial charge in [-0.15, -0.1) is 0 Å². The molecule has 0 fully saturated rings. The molecule has 0 radical (unpaired) electrons.